The number of hydrogen-bond acceptors (Lipinski definition) is 5. The third kappa shape index (κ3) is 3.26. The van der Waals surface area contributed by atoms with Crippen molar-refractivity contribution >= 4 is 11.6 Å². The molecule has 1 aromatic heterocycles. The van der Waals surface area contributed by atoms with Crippen molar-refractivity contribution in [3.63, 3.8) is 0 Å². The van der Waals surface area contributed by atoms with E-state index < -0.39 is 5.60 Å². The highest BCUT2D eigenvalue weighted by atomic mass is 16.7. The Kier molecular flexibility index (Phi) is 3.90. The van der Waals surface area contributed by atoms with Gasteiger partial charge >= 0.3 is 0 Å². The molecule has 1 aliphatic heterocycles. The molecule has 6 nitrogen and oxygen atoms in total. The zero-order valence-corrected chi connectivity index (χ0v) is 13.4. The van der Waals surface area contributed by atoms with Crippen molar-refractivity contribution in [2.75, 3.05) is 0 Å². The van der Waals surface area contributed by atoms with E-state index in [1.807, 2.05) is 44.2 Å². The highest BCUT2D eigenvalue weighted by Crippen LogP contribution is 2.24. The predicted molar refractivity (Wildman–Crippen MR) is 85.7 cm³/mol. The van der Waals surface area contributed by atoms with Crippen LogP contribution in [0.2, 0.25) is 0 Å². The van der Waals surface area contributed by atoms with Gasteiger partial charge in [-0.3, -0.25) is 4.79 Å². The van der Waals surface area contributed by atoms with Gasteiger partial charge in [0.25, 0.3) is 5.91 Å². The Labute approximate surface area is 134 Å². The molecule has 120 valence electrons. The molecule has 1 amide bonds. The maximum Gasteiger partial charge on any atom is 0.267 e. The van der Waals surface area contributed by atoms with Crippen LogP contribution in [-0.4, -0.2) is 22.4 Å². The van der Waals surface area contributed by atoms with Crippen molar-refractivity contribution in [3.8, 4) is 11.3 Å². The van der Waals surface area contributed by atoms with Crippen LogP contribution in [0.1, 0.15) is 31.5 Å². The first kappa shape index (κ1) is 15.3. The lowest BCUT2D eigenvalue weighted by molar-refractivity contribution is -0.141. The monoisotopic (exact) mass is 313 g/mol. The first-order chi connectivity index (χ1) is 11.0. The second kappa shape index (κ2) is 5.87. The van der Waals surface area contributed by atoms with Crippen LogP contribution in [-0.2, 0) is 16.2 Å². The number of aryl methyl sites for hydroxylation is 1. The van der Waals surface area contributed by atoms with Crippen molar-refractivity contribution in [2.45, 2.75) is 39.3 Å². The summed E-state index contributed by atoms with van der Waals surface area (Å²) >= 11 is 0. The van der Waals surface area contributed by atoms with Gasteiger partial charge in [-0.25, -0.2) is 0 Å². The number of nitrogens with zero attached hydrogens (tertiary/aromatic N) is 2. The highest BCUT2D eigenvalue weighted by molar-refractivity contribution is 5.94. The smallest absolute Gasteiger partial charge is 0.267 e. The van der Waals surface area contributed by atoms with Crippen molar-refractivity contribution in [3.05, 3.63) is 41.6 Å². The highest BCUT2D eigenvalue weighted by Gasteiger charge is 2.40. The number of oxime groups is 1. The minimum Gasteiger partial charge on any atom is -0.379 e. The van der Waals surface area contributed by atoms with Crippen molar-refractivity contribution in [1.29, 1.82) is 0 Å². The van der Waals surface area contributed by atoms with Crippen LogP contribution >= 0.6 is 0 Å². The lowest BCUT2D eigenvalue weighted by Gasteiger charge is -2.19. The minimum atomic E-state index is -0.937. The van der Waals surface area contributed by atoms with Crippen LogP contribution in [0, 0.1) is 6.92 Å². The molecule has 0 saturated carbocycles. The van der Waals surface area contributed by atoms with Crippen LogP contribution in [0.3, 0.4) is 0 Å². The molecule has 1 atom stereocenters. The molecule has 0 radical (unpaired) electrons. The molecule has 6 heteroatoms. The van der Waals surface area contributed by atoms with E-state index in [0.717, 1.165) is 11.3 Å². The van der Waals surface area contributed by atoms with Crippen molar-refractivity contribution < 1.29 is 14.2 Å². The number of rotatable bonds is 4. The number of nitrogens with one attached hydrogen (secondary N) is 1. The van der Waals surface area contributed by atoms with Gasteiger partial charge in [-0.1, -0.05) is 40.1 Å². The summed E-state index contributed by atoms with van der Waals surface area (Å²) in [6, 6.07) is 9.81. The summed E-state index contributed by atoms with van der Waals surface area (Å²) < 4.78 is 5.34. The Morgan fingerprint density at radius 1 is 1.30 bits per heavy atom. The molecule has 1 aliphatic rings. The van der Waals surface area contributed by atoms with E-state index in [1.165, 1.54) is 5.56 Å². The van der Waals surface area contributed by atoms with E-state index in [0.29, 0.717) is 17.9 Å². The average Bonchev–Trinajstić information content (AvgIpc) is 3.13. The second-order valence-electron chi connectivity index (χ2n) is 6.06. The predicted octanol–water partition coefficient (Wildman–Crippen LogP) is 2.82. The van der Waals surface area contributed by atoms with E-state index in [2.05, 4.69) is 15.6 Å². The Bertz CT molecular complexity index is 749. The van der Waals surface area contributed by atoms with E-state index in [9.17, 15) is 4.79 Å². The molecule has 0 bridgehead atoms. The summed E-state index contributed by atoms with van der Waals surface area (Å²) in [7, 11) is 0. The quantitative estimate of drug-likeness (QED) is 0.941. The fourth-order valence-electron chi connectivity index (χ4n) is 2.46. The summed E-state index contributed by atoms with van der Waals surface area (Å²) in [6.45, 7) is 5.88. The molecule has 1 aromatic carbocycles. The van der Waals surface area contributed by atoms with E-state index in [-0.39, 0.29) is 12.5 Å². The summed E-state index contributed by atoms with van der Waals surface area (Å²) in [4.78, 5) is 17.5. The van der Waals surface area contributed by atoms with Crippen molar-refractivity contribution in [2.24, 2.45) is 5.16 Å². The van der Waals surface area contributed by atoms with Gasteiger partial charge in [0.15, 0.2) is 5.76 Å². The third-order valence-electron chi connectivity index (χ3n) is 3.80. The average molecular weight is 313 g/mol. The zero-order chi connectivity index (χ0) is 16.4. The molecule has 2 aromatic rings. The SMILES string of the molecule is CC1=NOC(C)(C(=O)NCc2cc(-c3ccc(C)cc3)on2)C1. The topological polar surface area (TPSA) is 76.7 Å². The van der Waals surface area contributed by atoms with Gasteiger partial charge in [-0.15, -0.1) is 0 Å². The minimum absolute atomic E-state index is 0.210. The molecular formula is C17H19N3O3. The summed E-state index contributed by atoms with van der Waals surface area (Å²) in [5.74, 6) is 0.467. The van der Waals surface area contributed by atoms with Gasteiger partial charge in [0.2, 0.25) is 5.60 Å². The molecule has 1 unspecified atom stereocenters. The summed E-state index contributed by atoms with van der Waals surface area (Å²) in [6.07, 6.45) is 0.492. The number of hydrogen-bond donors (Lipinski definition) is 1. The molecule has 0 aliphatic carbocycles. The maximum absolute atomic E-state index is 12.2. The zero-order valence-electron chi connectivity index (χ0n) is 13.4. The number of benzene rings is 1. The van der Waals surface area contributed by atoms with Gasteiger partial charge in [0, 0.05) is 18.1 Å². The third-order valence-corrected chi connectivity index (χ3v) is 3.80. The maximum atomic E-state index is 12.2. The lowest BCUT2D eigenvalue weighted by atomic mass is 9.99. The molecule has 0 fully saturated rings. The Morgan fingerprint density at radius 3 is 2.70 bits per heavy atom. The first-order valence-electron chi connectivity index (χ1n) is 7.49. The van der Waals surface area contributed by atoms with Gasteiger partial charge in [-0.2, -0.15) is 0 Å². The Balaban J connectivity index is 1.61. The molecule has 0 spiro atoms. The molecule has 1 N–H and O–H groups in total. The molecule has 23 heavy (non-hydrogen) atoms. The van der Waals surface area contributed by atoms with Gasteiger partial charge in [-0.05, 0) is 20.8 Å². The molecule has 3 rings (SSSR count). The summed E-state index contributed by atoms with van der Waals surface area (Å²) in [5, 5.41) is 10.6. The first-order valence-corrected chi connectivity index (χ1v) is 7.49. The van der Waals surface area contributed by atoms with Crippen LogP contribution in [0.15, 0.2) is 40.0 Å². The van der Waals surface area contributed by atoms with Gasteiger partial charge < -0.3 is 14.7 Å². The largest absolute Gasteiger partial charge is 0.379 e. The number of carbonyl (C=O) groups is 1. The lowest BCUT2D eigenvalue weighted by Crippen LogP contribution is -2.44. The second-order valence-corrected chi connectivity index (χ2v) is 6.06. The van der Waals surface area contributed by atoms with E-state index >= 15 is 0 Å². The number of aromatic nitrogens is 1. The fraction of sp³-hybridized carbons (Fsp3) is 0.353. The Hall–Kier alpha value is -2.63. The van der Waals surface area contributed by atoms with Crippen LogP contribution in [0.25, 0.3) is 11.3 Å². The standard InChI is InChI=1S/C17H19N3O3/c1-11-4-6-13(7-5-11)15-8-14(20-22-15)10-18-16(21)17(3)9-12(2)19-23-17/h4-8H,9-10H2,1-3H3,(H,18,21). The van der Waals surface area contributed by atoms with Crippen molar-refractivity contribution in [1.82, 2.24) is 10.5 Å². The van der Waals surface area contributed by atoms with Gasteiger partial charge in [0.1, 0.15) is 5.69 Å². The van der Waals surface area contributed by atoms with Crippen LogP contribution < -0.4 is 5.32 Å². The van der Waals surface area contributed by atoms with E-state index in [1.54, 1.807) is 6.92 Å². The fourth-order valence-corrected chi connectivity index (χ4v) is 2.46. The number of amides is 1. The van der Waals surface area contributed by atoms with Crippen LogP contribution in [0.4, 0.5) is 0 Å². The normalized spacial score (nSPS) is 20.0. The molecular weight excluding hydrogens is 294 g/mol. The van der Waals surface area contributed by atoms with Gasteiger partial charge in [0.05, 0.1) is 12.3 Å². The molecule has 2 heterocycles. The van der Waals surface area contributed by atoms with E-state index in [4.69, 9.17) is 9.36 Å². The number of carbonyl (C=O) groups excluding carboxylic acids is 1. The summed E-state index contributed by atoms with van der Waals surface area (Å²) in [5.41, 5.74) is 2.67. The van der Waals surface area contributed by atoms with Crippen LogP contribution in [0.5, 0.6) is 0 Å². The Morgan fingerprint density at radius 2 is 2.04 bits per heavy atom. The molecule has 0 saturated heterocycles.